The number of hydrogen-bond acceptors (Lipinski definition) is 4. The van der Waals surface area contributed by atoms with E-state index in [1.165, 1.54) is 20.0 Å². The second-order valence-corrected chi connectivity index (χ2v) is 6.16. The minimum atomic E-state index is -0.623. The van der Waals surface area contributed by atoms with Crippen molar-refractivity contribution in [2.75, 3.05) is 20.2 Å². The highest BCUT2D eigenvalue weighted by atomic mass is 16.5. The fourth-order valence-electron chi connectivity index (χ4n) is 2.83. The average molecular weight is 286 g/mol. The molecule has 0 spiro atoms. The monoisotopic (exact) mass is 286 g/mol. The molecule has 20 heavy (non-hydrogen) atoms. The highest BCUT2D eigenvalue weighted by molar-refractivity contribution is 5.80. The second-order valence-electron chi connectivity index (χ2n) is 6.16. The molecule has 2 unspecified atom stereocenters. The maximum absolute atomic E-state index is 12.1. The van der Waals surface area contributed by atoms with Crippen LogP contribution in [0, 0.1) is 0 Å². The van der Waals surface area contributed by atoms with E-state index >= 15 is 0 Å². The van der Waals surface area contributed by atoms with Gasteiger partial charge >= 0.3 is 5.97 Å². The third kappa shape index (κ3) is 6.23. The first-order valence-electron chi connectivity index (χ1n) is 7.90. The van der Waals surface area contributed by atoms with E-state index in [1.807, 2.05) is 6.92 Å². The Morgan fingerprint density at radius 3 is 2.30 bits per heavy atom. The van der Waals surface area contributed by atoms with E-state index in [0.29, 0.717) is 6.04 Å². The summed E-state index contributed by atoms with van der Waals surface area (Å²) in [7, 11) is 1.46. The van der Waals surface area contributed by atoms with Gasteiger partial charge in [-0.25, -0.2) is 0 Å². The van der Waals surface area contributed by atoms with Crippen LogP contribution in [0.25, 0.3) is 0 Å². The first-order chi connectivity index (χ1) is 9.30. The molecule has 4 nitrogen and oxygen atoms in total. The third-order valence-corrected chi connectivity index (χ3v) is 3.78. The normalized spacial score (nSPS) is 16.2. The van der Waals surface area contributed by atoms with Crippen LogP contribution in [0.3, 0.4) is 0 Å². The Balaban J connectivity index is 4.82. The van der Waals surface area contributed by atoms with Gasteiger partial charge in [-0.2, -0.15) is 0 Å². The van der Waals surface area contributed by atoms with E-state index in [9.17, 15) is 4.79 Å². The molecule has 0 aromatic rings. The molecule has 0 rings (SSSR count). The lowest BCUT2D eigenvalue weighted by Gasteiger charge is -2.36. The number of carbonyl (C=O) groups is 1. The lowest BCUT2D eigenvalue weighted by molar-refractivity contribution is -0.149. The molecule has 0 fully saturated rings. The molecule has 120 valence electrons. The van der Waals surface area contributed by atoms with Crippen molar-refractivity contribution in [3.05, 3.63) is 0 Å². The van der Waals surface area contributed by atoms with Gasteiger partial charge < -0.3 is 9.64 Å². The number of hydrogen-bond donors (Lipinski definition) is 1. The van der Waals surface area contributed by atoms with Gasteiger partial charge in [0.2, 0.25) is 0 Å². The lowest BCUT2D eigenvalue weighted by Crippen LogP contribution is -2.56. The number of unbranched alkanes of at least 4 members (excludes halogenated alkanes) is 1. The topological polar surface area (TPSA) is 41.6 Å². The zero-order valence-corrected chi connectivity index (χ0v) is 14.5. The van der Waals surface area contributed by atoms with Crippen molar-refractivity contribution in [3.63, 3.8) is 0 Å². The van der Waals surface area contributed by atoms with Gasteiger partial charge in [0.1, 0.15) is 5.54 Å². The predicted octanol–water partition coefficient (Wildman–Crippen LogP) is 2.82. The number of carbonyl (C=O) groups excluding carboxylic acids is 1. The smallest absolute Gasteiger partial charge is 0.325 e. The summed E-state index contributed by atoms with van der Waals surface area (Å²) in [5.74, 6) is -0.176. The van der Waals surface area contributed by atoms with Crippen LogP contribution in [0.5, 0.6) is 0 Å². The molecule has 0 aliphatic heterocycles. The van der Waals surface area contributed by atoms with E-state index < -0.39 is 5.54 Å². The molecule has 0 bridgehead atoms. The fraction of sp³-hybridized carbons (Fsp3) is 0.938. The maximum Gasteiger partial charge on any atom is 0.325 e. The summed E-state index contributed by atoms with van der Waals surface area (Å²) >= 11 is 0. The summed E-state index contributed by atoms with van der Waals surface area (Å²) in [6.45, 7) is 14.7. The molecule has 0 saturated carbocycles. The van der Waals surface area contributed by atoms with Gasteiger partial charge in [0.15, 0.2) is 0 Å². The van der Waals surface area contributed by atoms with Crippen molar-refractivity contribution in [1.29, 1.82) is 0 Å². The molecule has 0 aromatic carbocycles. The number of esters is 1. The summed E-state index contributed by atoms with van der Waals surface area (Å²) < 4.78 is 4.99. The van der Waals surface area contributed by atoms with Crippen LogP contribution >= 0.6 is 0 Å². The van der Waals surface area contributed by atoms with Crippen LogP contribution in [0.1, 0.15) is 60.8 Å². The van der Waals surface area contributed by atoms with E-state index in [4.69, 9.17) is 4.74 Å². The summed E-state index contributed by atoms with van der Waals surface area (Å²) in [5, 5.41) is 3.37. The molecular formula is C16H34N2O2. The predicted molar refractivity (Wildman–Crippen MR) is 84.9 cm³/mol. The Morgan fingerprint density at radius 1 is 1.30 bits per heavy atom. The summed E-state index contributed by atoms with van der Waals surface area (Å²) in [5.41, 5.74) is -0.623. The molecular weight excluding hydrogens is 252 g/mol. The second kappa shape index (κ2) is 9.35. The zero-order valence-electron chi connectivity index (χ0n) is 14.5. The maximum atomic E-state index is 12.1. The Kier molecular flexibility index (Phi) is 9.06. The van der Waals surface area contributed by atoms with E-state index in [-0.39, 0.29) is 12.0 Å². The number of methoxy groups -OCH3 is 1. The number of nitrogens with one attached hydrogen (secondary N) is 1. The van der Waals surface area contributed by atoms with Gasteiger partial charge in [-0.1, -0.05) is 20.3 Å². The molecule has 0 aliphatic carbocycles. The van der Waals surface area contributed by atoms with Crippen LogP contribution in [0.4, 0.5) is 0 Å². The highest BCUT2D eigenvalue weighted by Crippen LogP contribution is 2.19. The number of nitrogens with zero attached hydrogens (tertiary/aromatic N) is 1. The van der Waals surface area contributed by atoms with Crippen molar-refractivity contribution in [2.24, 2.45) is 0 Å². The van der Waals surface area contributed by atoms with Crippen molar-refractivity contribution in [2.45, 2.75) is 78.4 Å². The van der Waals surface area contributed by atoms with Gasteiger partial charge in [-0.15, -0.1) is 0 Å². The molecule has 0 amide bonds. The van der Waals surface area contributed by atoms with E-state index in [2.05, 4.69) is 44.8 Å². The lowest BCUT2D eigenvalue weighted by atomic mass is 9.91. The minimum absolute atomic E-state index is 0.176. The van der Waals surface area contributed by atoms with Crippen LogP contribution < -0.4 is 5.32 Å². The third-order valence-electron chi connectivity index (χ3n) is 3.78. The van der Waals surface area contributed by atoms with Crippen LogP contribution in [-0.4, -0.2) is 48.7 Å². The van der Waals surface area contributed by atoms with Crippen molar-refractivity contribution < 1.29 is 9.53 Å². The summed E-state index contributed by atoms with van der Waals surface area (Å²) in [6, 6.07) is 0.596. The quantitative estimate of drug-likeness (QED) is 0.627. The molecule has 0 heterocycles. The Labute approximate surface area is 125 Å². The first-order valence-corrected chi connectivity index (χ1v) is 7.90. The van der Waals surface area contributed by atoms with E-state index in [0.717, 1.165) is 19.5 Å². The number of ether oxygens (including phenoxy) is 1. The van der Waals surface area contributed by atoms with Gasteiger partial charge in [0, 0.05) is 12.1 Å². The average Bonchev–Trinajstić information content (AvgIpc) is 2.37. The molecule has 0 radical (unpaired) electrons. The summed E-state index contributed by atoms with van der Waals surface area (Å²) in [6.07, 6.45) is 3.15. The molecule has 0 aromatic heterocycles. The fourth-order valence-corrected chi connectivity index (χ4v) is 2.83. The standard InChI is InChI=1S/C16H34N2O2/c1-8-10-11-18(9-2)14(5)12-16(6,15(19)20-7)17-13(3)4/h13-14,17H,8-12H2,1-7H3. The van der Waals surface area contributed by atoms with Gasteiger partial charge in [0.05, 0.1) is 7.11 Å². The van der Waals surface area contributed by atoms with Crippen molar-refractivity contribution >= 4 is 5.97 Å². The zero-order chi connectivity index (χ0) is 15.8. The molecule has 4 heteroatoms. The summed E-state index contributed by atoms with van der Waals surface area (Å²) in [4.78, 5) is 14.6. The van der Waals surface area contributed by atoms with Gasteiger partial charge in [-0.05, 0) is 53.6 Å². The SMILES string of the molecule is CCCCN(CC)C(C)CC(C)(NC(C)C)C(=O)OC. The Hall–Kier alpha value is -0.610. The molecule has 0 aliphatic rings. The molecule has 2 atom stereocenters. The number of rotatable bonds is 10. The largest absolute Gasteiger partial charge is 0.468 e. The van der Waals surface area contributed by atoms with Crippen molar-refractivity contribution in [1.82, 2.24) is 10.2 Å². The first kappa shape index (κ1) is 19.4. The van der Waals surface area contributed by atoms with E-state index in [1.54, 1.807) is 0 Å². The molecule has 0 saturated heterocycles. The van der Waals surface area contributed by atoms with Gasteiger partial charge in [0.25, 0.3) is 0 Å². The Morgan fingerprint density at radius 2 is 1.90 bits per heavy atom. The minimum Gasteiger partial charge on any atom is -0.468 e. The van der Waals surface area contributed by atoms with Crippen molar-refractivity contribution in [3.8, 4) is 0 Å². The van der Waals surface area contributed by atoms with Crippen LogP contribution in [0.15, 0.2) is 0 Å². The van der Waals surface area contributed by atoms with Crippen LogP contribution in [0.2, 0.25) is 0 Å². The molecule has 1 N–H and O–H groups in total. The highest BCUT2D eigenvalue weighted by Gasteiger charge is 2.37. The van der Waals surface area contributed by atoms with Crippen LogP contribution in [-0.2, 0) is 9.53 Å². The van der Waals surface area contributed by atoms with Gasteiger partial charge in [-0.3, -0.25) is 10.1 Å². The Bertz CT molecular complexity index is 282.